The number of aliphatic carboxylic acids is 1. The van der Waals surface area contributed by atoms with Crippen molar-refractivity contribution in [1.29, 1.82) is 0 Å². The van der Waals surface area contributed by atoms with Crippen LogP contribution in [0, 0.1) is 0 Å². The van der Waals surface area contributed by atoms with E-state index in [1.165, 1.54) is 0 Å². The van der Waals surface area contributed by atoms with E-state index in [4.69, 9.17) is 14.6 Å². The van der Waals surface area contributed by atoms with Crippen LogP contribution in [0.2, 0.25) is 0 Å². The van der Waals surface area contributed by atoms with Gasteiger partial charge in [0.05, 0.1) is 19.0 Å². The lowest BCUT2D eigenvalue weighted by molar-refractivity contribution is -0.137. The summed E-state index contributed by atoms with van der Waals surface area (Å²) in [5.74, 6) is 0.640. The molecular weight excluding hydrogens is 392 g/mol. The maximum Gasteiger partial charge on any atom is 0.303 e. The van der Waals surface area contributed by atoms with Crippen LogP contribution in [0.1, 0.15) is 63.9 Å². The highest BCUT2D eigenvalue weighted by Gasteiger charge is 2.02. The monoisotopic (exact) mass is 426 g/mol. The Bertz CT molecular complexity index is 773. The maximum absolute atomic E-state index is 10.5. The van der Waals surface area contributed by atoms with E-state index in [9.17, 15) is 4.79 Å². The minimum Gasteiger partial charge on any atom is -0.490 e. The van der Waals surface area contributed by atoms with Crippen LogP contribution in [0.4, 0.5) is 0 Å². The van der Waals surface area contributed by atoms with Crippen molar-refractivity contribution in [2.45, 2.75) is 58.3 Å². The molecule has 6 nitrogen and oxygen atoms in total. The number of carboxylic acids is 1. The van der Waals surface area contributed by atoms with Crippen LogP contribution in [0.15, 0.2) is 42.7 Å². The molecular formula is C25H34N2O4. The smallest absolute Gasteiger partial charge is 0.303 e. The summed E-state index contributed by atoms with van der Waals surface area (Å²) in [6.07, 6.45) is 14.6. The van der Waals surface area contributed by atoms with E-state index in [2.05, 4.69) is 29.0 Å². The van der Waals surface area contributed by atoms with E-state index in [1.807, 2.05) is 24.3 Å². The molecule has 0 fully saturated rings. The SMILES string of the molecule is CCCOCCCCOc1cnc(-c2ccc(C=CCCCCCC(=O)O)cc2)nc1. The summed E-state index contributed by atoms with van der Waals surface area (Å²) in [6.45, 7) is 4.35. The number of allylic oxidation sites excluding steroid dienone is 1. The van der Waals surface area contributed by atoms with Gasteiger partial charge < -0.3 is 14.6 Å². The van der Waals surface area contributed by atoms with Crippen LogP contribution in [0.25, 0.3) is 17.5 Å². The zero-order valence-corrected chi connectivity index (χ0v) is 18.5. The van der Waals surface area contributed by atoms with Crippen molar-refractivity contribution in [2.75, 3.05) is 19.8 Å². The van der Waals surface area contributed by atoms with Crippen LogP contribution in [-0.4, -0.2) is 40.9 Å². The van der Waals surface area contributed by atoms with Crippen molar-refractivity contribution in [3.05, 3.63) is 48.3 Å². The van der Waals surface area contributed by atoms with Gasteiger partial charge in [-0.1, -0.05) is 49.8 Å². The Hall–Kier alpha value is -2.73. The van der Waals surface area contributed by atoms with Crippen LogP contribution in [-0.2, 0) is 9.53 Å². The van der Waals surface area contributed by atoms with Gasteiger partial charge in [-0.25, -0.2) is 9.97 Å². The summed E-state index contributed by atoms with van der Waals surface area (Å²) < 4.78 is 11.1. The van der Waals surface area contributed by atoms with Gasteiger partial charge in [-0.2, -0.15) is 0 Å². The van der Waals surface area contributed by atoms with Crippen LogP contribution in [0.5, 0.6) is 5.75 Å². The number of unbranched alkanes of at least 4 members (excludes halogenated alkanes) is 4. The standard InChI is InChI=1S/C25H34N2O4/c1-2-16-30-17-8-9-18-31-23-19-26-25(27-20-23)22-14-12-21(13-15-22)10-6-4-3-5-7-11-24(28)29/h6,10,12-15,19-20H,2-5,7-9,11,16-18H2,1H3,(H,28,29). The first-order valence-electron chi connectivity index (χ1n) is 11.2. The van der Waals surface area contributed by atoms with Gasteiger partial charge in [0.15, 0.2) is 11.6 Å². The van der Waals surface area contributed by atoms with Gasteiger partial charge in [0.25, 0.3) is 0 Å². The number of ether oxygens (including phenoxy) is 2. The van der Waals surface area contributed by atoms with Crippen LogP contribution >= 0.6 is 0 Å². The molecule has 1 heterocycles. The molecule has 0 saturated heterocycles. The number of aromatic nitrogens is 2. The van der Waals surface area contributed by atoms with E-state index in [0.29, 0.717) is 18.2 Å². The second-order valence-electron chi connectivity index (χ2n) is 7.43. The Morgan fingerprint density at radius 1 is 0.968 bits per heavy atom. The predicted molar refractivity (Wildman–Crippen MR) is 123 cm³/mol. The maximum atomic E-state index is 10.5. The Balaban J connectivity index is 1.69. The molecule has 0 amide bonds. The first-order valence-corrected chi connectivity index (χ1v) is 11.2. The highest BCUT2D eigenvalue weighted by atomic mass is 16.5. The molecule has 31 heavy (non-hydrogen) atoms. The summed E-state index contributed by atoms with van der Waals surface area (Å²) in [5, 5.41) is 8.62. The van der Waals surface area contributed by atoms with Gasteiger partial charge >= 0.3 is 5.97 Å². The first-order chi connectivity index (χ1) is 15.2. The largest absolute Gasteiger partial charge is 0.490 e. The fourth-order valence-electron chi connectivity index (χ4n) is 2.96. The van der Waals surface area contributed by atoms with E-state index in [1.54, 1.807) is 12.4 Å². The van der Waals surface area contributed by atoms with Crippen LogP contribution in [0.3, 0.4) is 0 Å². The minimum absolute atomic E-state index is 0.259. The number of hydrogen-bond acceptors (Lipinski definition) is 5. The molecule has 0 bridgehead atoms. The van der Waals surface area contributed by atoms with Gasteiger partial charge in [0.1, 0.15) is 0 Å². The first kappa shape index (κ1) is 24.5. The van der Waals surface area contributed by atoms with Crippen molar-refractivity contribution >= 4 is 12.0 Å². The molecule has 0 aliphatic rings. The summed E-state index contributed by atoms with van der Waals surface area (Å²) in [4.78, 5) is 19.3. The zero-order chi connectivity index (χ0) is 22.2. The molecule has 0 aliphatic heterocycles. The van der Waals surface area contributed by atoms with Crippen LogP contribution < -0.4 is 4.74 Å². The van der Waals surface area contributed by atoms with E-state index in [0.717, 1.165) is 69.3 Å². The van der Waals surface area contributed by atoms with E-state index in [-0.39, 0.29) is 6.42 Å². The molecule has 168 valence electrons. The molecule has 1 N–H and O–H groups in total. The van der Waals surface area contributed by atoms with E-state index >= 15 is 0 Å². The lowest BCUT2D eigenvalue weighted by atomic mass is 10.1. The Morgan fingerprint density at radius 3 is 2.42 bits per heavy atom. The molecule has 2 rings (SSSR count). The highest BCUT2D eigenvalue weighted by molar-refractivity contribution is 5.66. The van der Waals surface area contributed by atoms with Gasteiger partial charge in [-0.05, 0) is 44.1 Å². The average molecular weight is 427 g/mol. The number of hydrogen-bond donors (Lipinski definition) is 1. The van der Waals surface area contributed by atoms with Crippen molar-refractivity contribution < 1.29 is 19.4 Å². The second kappa shape index (κ2) is 15.1. The average Bonchev–Trinajstić information content (AvgIpc) is 2.78. The Labute approximate surface area is 185 Å². The fraction of sp³-hybridized carbons (Fsp3) is 0.480. The quantitative estimate of drug-likeness (QED) is 0.343. The topological polar surface area (TPSA) is 81.5 Å². The molecule has 6 heteroatoms. The molecule has 0 unspecified atom stereocenters. The van der Waals surface area contributed by atoms with Crippen molar-refractivity contribution in [3.63, 3.8) is 0 Å². The molecule has 1 aromatic heterocycles. The van der Waals surface area contributed by atoms with Crippen molar-refractivity contribution in [1.82, 2.24) is 9.97 Å². The minimum atomic E-state index is -0.717. The predicted octanol–water partition coefficient (Wildman–Crippen LogP) is 5.78. The van der Waals surface area contributed by atoms with Gasteiger partial charge in [0, 0.05) is 25.2 Å². The molecule has 0 saturated carbocycles. The number of carboxylic acid groups (broad SMARTS) is 1. The molecule has 1 aromatic carbocycles. The lowest BCUT2D eigenvalue weighted by Gasteiger charge is -2.07. The van der Waals surface area contributed by atoms with Gasteiger partial charge in [-0.15, -0.1) is 0 Å². The third-order valence-electron chi connectivity index (χ3n) is 4.67. The highest BCUT2D eigenvalue weighted by Crippen LogP contribution is 2.18. The molecule has 2 aromatic rings. The number of nitrogens with zero attached hydrogens (tertiary/aromatic N) is 2. The third-order valence-corrected chi connectivity index (χ3v) is 4.67. The second-order valence-corrected chi connectivity index (χ2v) is 7.43. The fourth-order valence-corrected chi connectivity index (χ4v) is 2.96. The summed E-state index contributed by atoms with van der Waals surface area (Å²) in [5.41, 5.74) is 2.09. The third kappa shape index (κ3) is 10.7. The zero-order valence-electron chi connectivity index (χ0n) is 18.5. The Kier molecular flexibility index (Phi) is 12.0. The molecule has 0 spiro atoms. The normalized spacial score (nSPS) is 11.1. The number of rotatable bonds is 16. The lowest BCUT2D eigenvalue weighted by Crippen LogP contribution is -2.02. The van der Waals surface area contributed by atoms with Crippen molar-refractivity contribution in [2.24, 2.45) is 0 Å². The molecule has 0 aliphatic carbocycles. The molecule has 0 atom stereocenters. The van der Waals surface area contributed by atoms with Crippen molar-refractivity contribution in [3.8, 4) is 17.1 Å². The molecule has 0 radical (unpaired) electrons. The number of carbonyl (C=O) groups is 1. The van der Waals surface area contributed by atoms with E-state index < -0.39 is 5.97 Å². The summed E-state index contributed by atoms with van der Waals surface area (Å²) in [7, 11) is 0. The Morgan fingerprint density at radius 2 is 1.71 bits per heavy atom. The summed E-state index contributed by atoms with van der Waals surface area (Å²) in [6, 6.07) is 8.12. The van der Waals surface area contributed by atoms with Gasteiger partial charge in [-0.3, -0.25) is 4.79 Å². The number of benzene rings is 1. The van der Waals surface area contributed by atoms with Gasteiger partial charge in [0.2, 0.25) is 0 Å². The summed E-state index contributed by atoms with van der Waals surface area (Å²) >= 11 is 0.